The number of likely N-dealkylation sites (N-methyl/N-ethyl adjacent to an activating group) is 1. The molecule has 2 aromatic heterocycles. The lowest BCUT2D eigenvalue weighted by molar-refractivity contribution is -0.119. The number of aromatic nitrogens is 1. The first-order valence-electron chi connectivity index (χ1n) is 12.2. The number of nitrogens with one attached hydrogen (secondary N) is 1. The lowest BCUT2D eigenvalue weighted by Crippen LogP contribution is -2.30. The zero-order valence-corrected chi connectivity index (χ0v) is 21.3. The van der Waals surface area contributed by atoms with Gasteiger partial charge in [-0.25, -0.2) is 9.59 Å². The van der Waals surface area contributed by atoms with Crippen LogP contribution >= 0.6 is 11.3 Å². The van der Waals surface area contributed by atoms with E-state index in [0.29, 0.717) is 28.1 Å². The largest absolute Gasteiger partial charge is 0.465 e. The molecule has 0 radical (unpaired) electrons. The molecular formula is C27H29N3O5S. The molecule has 1 aromatic carbocycles. The summed E-state index contributed by atoms with van der Waals surface area (Å²) in [6.45, 7) is 0.999. The van der Waals surface area contributed by atoms with Crippen LogP contribution in [0.15, 0.2) is 24.3 Å². The molecule has 1 aliphatic carbocycles. The minimum atomic E-state index is -0.551. The van der Waals surface area contributed by atoms with E-state index in [2.05, 4.69) is 10.2 Å². The fourth-order valence-electron chi connectivity index (χ4n) is 5.07. The normalized spacial score (nSPS) is 15.5. The van der Waals surface area contributed by atoms with Gasteiger partial charge in [0.25, 0.3) is 5.91 Å². The average Bonchev–Trinajstić information content (AvgIpc) is 3.05. The summed E-state index contributed by atoms with van der Waals surface area (Å²) in [6.07, 6.45) is 5.58. The first-order chi connectivity index (χ1) is 17.5. The number of amides is 1. The van der Waals surface area contributed by atoms with Crippen LogP contribution in [0.2, 0.25) is 0 Å². The summed E-state index contributed by atoms with van der Waals surface area (Å²) in [6, 6.07) is 7.49. The molecule has 0 unspecified atom stereocenters. The molecule has 8 nitrogen and oxygen atoms in total. The van der Waals surface area contributed by atoms with Gasteiger partial charge in [0.05, 0.1) is 23.8 Å². The van der Waals surface area contributed by atoms with Crippen molar-refractivity contribution in [2.24, 2.45) is 0 Å². The maximum absolute atomic E-state index is 13.3. The van der Waals surface area contributed by atoms with E-state index in [4.69, 9.17) is 14.5 Å². The van der Waals surface area contributed by atoms with Gasteiger partial charge in [-0.3, -0.25) is 9.78 Å². The SMILES string of the molecule is COC(=O)c1c(NC(=O)COC(=O)c2c3c(nc4ccccc24)CCN(C)C3)sc2c1CCCCC2. The maximum atomic E-state index is 13.3. The van der Waals surface area contributed by atoms with E-state index in [1.165, 1.54) is 18.4 Å². The second-order valence-electron chi connectivity index (χ2n) is 9.30. The summed E-state index contributed by atoms with van der Waals surface area (Å²) in [5, 5.41) is 3.97. The Morgan fingerprint density at radius 2 is 1.83 bits per heavy atom. The number of hydrogen-bond donors (Lipinski definition) is 1. The number of pyridine rings is 1. The molecule has 0 fully saturated rings. The van der Waals surface area contributed by atoms with Gasteiger partial charge in [0.2, 0.25) is 0 Å². The van der Waals surface area contributed by atoms with Gasteiger partial charge in [0.15, 0.2) is 6.61 Å². The van der Waals surface area contributed by atoms with Crippen molar-refractivity contribution in [3.63, 3.8) is 0 Å². The topological polar surface area (TPSA) is 97.8 Å². The number of carbonyl (C=O) groups excluding carboxylic acids is 3. The molecule has 0 saturated carbocycles. The number of rotatable bonds is 5. The minimum absolute atomic E-state index is 0.427. The van der Waals surface area contributed by atoms with Crippen molar-refractivity contribution in [2.45, 2.75) is 45.1 Å². The molecule has 1 N–H and O–H groups in total. The van der Waals surface area contributed by atoms with Crippen molar-refractivity contribution in [1.82, 2.24) is 9.88 Å². The summed E-state index contributed by atoms with van der Waals surface area (Å²) in [7, 11) is 3.34. The molecule has 1 aliphatic heterocycles. The summed E-state index contributed by atoms with van der Waals surface area (Å²) in [5.74, 6) is -1.50. The first-order valence-corrected chi connectivity index (χ1v) is 13.1. The van der Waals surface area contributed by atoms with E-state index >= 15 is 0 Å². The van der Waals surface area contributed by atoms with Crippen LogP contribution in [0.25, 0.3) is 10.9 Å². The van der Waals surface area contributed by atoms with Gasteiger partial charge in [-0.1, -0.05) is 24.6 Å². The van der Waals surface area contributed by atoms with E-state index in [1.807, 2.05) is 31.3 Å². The van der Waals surface area contributed by atoms with Crippen LogP contribution in [0.5, 0.6) is 0 Å². The summed E-state index contributed by atoms with van der Waals surface area (Å²) in [4.78, 5) is 46.7. The maximum Gasteiger partial charge on any atom is 0.341 e. The fraction of sp³-hybridized carbons (Fsp3) is 0.407. The van der Waals surface area contributed by atoms with Crippen LogP contribution in [0.3, 0.4) is 0 Å². The highest BCUT2D eigenvalue weighted by Gasteiger charge is 2.28. The average molecular weight is 508 g/mol. The Labute approximate surface area is 213 Å². The summed E-state index contributed by atoms with van der Waals surface area (Å²) < 4.78 is 10.5. The first kappa shape index (κ1) is 24.4. The van der Waals surface area contributed by atoms with Crippen molar-refractivity contribution in [1.29, 1.82) is 0 Å². The molecule has 1 amide bonds. The third kappa shape index (κ3) is 4.73. The Kier molecular flexibility index (Phi) is 7.02. The lowest BCUT2D eigenvalue weighted by atomic mass is 9.96. The molecule has 0 bridgehead atoms. The zero-order chi connectivity index (χ0) is 25.2. The molecule has 188 valence electrons. The van der Waals surface area contributed by atoms with Crippen LogP contribution in [-0.4, -0.2) is 55.0 Å². The molecule has 3 heterocycles. The number of thiophene rings is 1. The molecule has 5 rings (SSSR count). The highest BCUT2D eigenvalue weighted by Crippen LogP contribution is 2.38. The Morgan fingerprint density at radius 3 is 2.67 bits per heavy atom. The second-order valence-corrected chi connectivity index (χ2v) is 10.4. The molecule has 0 spiro atoms. The summed E-state index contributed by atoms with van der Waals surface area (Å²) >= 11 is 1.41. The predicted octanol–water partition coefficient (Wildman–Crippen LogP) is 4.14. The number of benzene rings is 1. The third-order valence-corrected chi connectivity index (χ3v) is 8.05. The van der Waals surface area contributed by atoms with Crippen molar-refractivity contribution in [3.05, 3.63) is 57.1 Å². The van der Waals surface area contributed by atoms with Crippen LogP contribution < -0.4 is 5.32 Å². The van der Waals surface area contributed by atoms with Crippen LogP contribution in [0.4, 0.5) is 5.00 Å². The number of anilines is 1. The van der Waals surface area contributed by atoms with E-state index in [9.17, 15) is 14.4 Å². The third-order valence-electron chi connectivity index (χ3n) is 6.84. The molecule has 9 heteroatoms. The molecular weight excluding hydrogens is 478 g/mol. The summed E-state index contributed by atoms with van der Waals surface area (Å²) in [5.41, 5.74) is 4.34. The van der Waals surface area contributed by atoms with E-state index in [1.54, 1.807) is 0 Å². The second kappa shape index (κ2) is 10.4. The number of ether oxygens (including phenoxy) is 2. The standard InChI is InChI=1S/C27H29N3O5S/c1-30-13-12-20-18(14-30)23(16-8-6-7-10-19(16)28-20)27(33)35-15-22(31)29-25-24(26(32)34-2)17-9-4-3-5-11-21(17)36-25/h6-8,10H,3-5,9,11-15H2,1-2H3,(H,29,31). The van der Waals surface area contributed by atoms with Crippen molar-refractivity contribution < 1.29 is 23.9 Å². The number of fused-ring (bicyclic) bond motifs is 3. The Hall–Kier alpha value is -3.30. The Morgan fingerprint density at radius 1 is 1.03 bits per heavy atom. The number of aryl methyl sites for hydroxylation is 1. The fourth-order valence-corrected chi connectivity index (χ4v) is 6.37. The van der Waals surface area contributed by atoms with Crippen LogP contribution in [-0.2, 0) is 40.1 Å². The minimum Gasteiger partial charge on any atom is -0.465 e. The van der Waals surface area contributed by atoms with Crippen molar-refractivity contribution in [3.8, 4) is 0 Å². The quantitative estimate of drug-likeness (QED) is 0.410. The van der Waals surface area contributed by atoms with Gasteiger partial charge in [-0.05, 0) is 44.4 Å². The molecule has 0 atom stereocenters. The number of carbonyl (C=O) groups is 3. The smallest absolute Gasteiger partial charge is 0.341 e. The number of hydrogen-bond acceptors (Lipinski definition) is 8. The van der Waals surface area contributed by atoms with Crippen molar-refractivity contribution >= 4 is 45.1 Å². The number of nitrogens with zero attached hydrogens (tertiary/aromatic N) is 2. The Balaban J connectivity index is 1.36. The number of esters is 2. The van der Waals surface area contributed by atoms with Gasteiger partial charge >= 0.3 is 11.9 Å². The lowest BCUT2D eigenvalue weighted by Gasteiger charge is -2.26. The van der Waals surface area contributed by atoms with E-state index in [0.717, 1.165) is 72.3 Å². The zero-order valence-electron chi connectivity index (χ0n) is 20.5. The predicted molar refractivity (Wildman–Crippen MR) is 138 cm³/mol. The van der Waals surface area contributed by atoms with Gasteiger partial charge in [-0.15, -0.1) is 11.3 Å². The van der Waals surface area contributed by atoms with E-state index < -0.39 is 24.5 Å². The van der Waals surface area contributed by atoms with Gasteiger partial charge < -0.3 is 19.7 Å². The number of para-hydroxylation sites is 1. The van der Waals surface area contributed by atoms with E-state index in [-0.39, 0.29) is 0 Å². The van der Waals surface area contributed by atoms with Crippen molar-refractivity contribution in [2.75, 3.05) is 32.6 Å². The van der Waals surface area contributed by atoms with Gasteiger partial charge in [0, 0.05) is 41.0 Å². The monoisotopic (exact) mass is 507 g/mol. The van der Waals surface area contributed by atoms with Crippen LogP contribution in [0, 0.1) is 0 Å². The van der Waals surface area contributed by atoms with Crippen LogP contribution in [0.1, 0.15) is 61.7 Å². The molecule has 2 aliphatic rings. The highest BCUT2D eigenvalue weighted by atomic mass is 32.1. The van der Waals surface area contributed by atoms with Gasteiger partial charge in [0.1, 0.15) is 5.00 Å². The molecule has 0 saturated heterocycles. The molecule has 3 aromatic rings. The Bertz CT molecular complexity index is 1350. The van der Waals surface area contributed by atoms with Gasteiger partial charge in [-0.2, -0.15) is 0 Å². The molecule has 36 heavy (non-hydrogen) atoms. The highest BCUT2D eigenvalue weighted by molar-refractivity contribution is 7.17. The number of methoxy groups -OCH3 is 1.